The molecule has 0 saturated carbocycles. The van der Waals surface area contributed by atoms with Gasteiger partial charge in [0.25, 0.3) is 0 Å². The lowest BCUT2D eigenvalue weighted by atomic mass is 10.0. The molecule has 2 N–H and O–H groups in total. The first-order chi connectivity index (χ1) is 12.5. The molecule has 1 aromatic heterocycles. The number of imidazole rings is 1. The lowest BCUT2D eigenvalue weighted by Gasteiger charge is -2.12. The second-order valence-electron chi connectivity index (χ2n) is 6.37. The van der Waals surface area contributed by atoms with Gasteiger partial charge in [-0.2, -0.15) is 26.3 Å². The van der Waals surface area contributed by atoms with Crippen LogP contribution in [0.4, 0.5) is 38.0 Å². The summed E-state index contributed by atoms with van der Waals surface area (Å²) in [5.74, 6) is 0.0589. The van der Waals surface area contributed by atoms with Gasteiger partial charge in [-0.25, -0.2) is 4.98 Å². The summed E-state index contributed by atoms with van der Waals surface area (Å²) in [6.07, 6.45) is -9.88. The van der Waals surface area contributed by atoms with E-state index < -0.39 is 29.0 Å². The highest BCUT2D eigenvalue weighted by atomic mass is 19.4. The number of anilines is 2. The van der Waals surface area contributed by atoms with Crippen molar-refractivity contribution in [1.82, 2.24) is 9.97 Å². The molecule has 0 aliphatic heterocycles. The lowest BCUT2D eigenvalue weighted by Crippen LogP contribution is -2.11. The third kappa shape index (κ3) is 3.86. The molecule has 0 bridgehead atoms. The Morgan fingerprint density at radius 3 is 2.22 bits per heavy atom. The van der Waals surface area contributed by atoms with Crippen LogP contribution in [0.5, 0.6) is 0 Å². The normalized spacial score (nSPS) is 12.8. The van der Waals surface area contributed by atoms with Crippen molar-refractivity contribution < 1.29 is 26.3 Å². The van der Waals surface area contributed by atoms with Gasteiger partial charge in [0, 0.05) is 5.69 Å². The molecule has 2 aromatic carbocycles. The number of aromatic nitrogens is 2. The molecule has 0 atom stereocenters. The molecule has 144 valence electrons. The smallest absolute Gasteiger partial charge is 0.325 e. The highest BCUT2D eigenvalue weighted by Gasteiger charge is 2.39. The Labute approximate surface area is 150 Å². The van der Waals surface area contributed by atoms with E-state index in [1.807, 2.05) is 26.0 Å². The Bertz CT molecular complexity index is 969. The van der Waals surface area contributed by atoms with Crippen molar-refractivity contribution in [2.45, 2.75) is 32.1 Å². The standard InChI is InChI=1S/C18H15F6N3/c1-9(2)11-5-3-4-6-13(11)25-16-26-14-8-10(17(19,20)21)7-12(15(14)27-16)18(22,23)24/h3-9H,1-2H3,(H2,25,26,27). The quantitative estimate of drug-likeness (QED) is 0.506. The second-order valence-corrected chi connectivity index (χ2v) is 6.37. The van der Waals surface area contributed by atoms with Crippen LogP contribution in [0.15, 0.2) is 36.4 Å². The number of rotatable bonds is 3. The minimum Gasteiger partial charge on any atom is -0.325 e. The third-order valence-corrected chi connectivity index (χ3v) is 4.06. The van der Waals surface area contributed by atoms with Crippen molar-refractivity contribution >= 4 is 22.7 Å². The largest absolute Gasteiger partial charge is 0.418 e. The van der Waals surface area contributed by atoms with Crippen molar-refractivity contribution in [1.29, 1.82) is 0 Å². The predicted octanol–water partition coefficient (Wildman–Crippen LogP) is 6.47. The van der Waals surface area contributed by atoms with Crippen LogP contribution in [0.25, 0.3) is 11.0 Å². The van der Waals surface area contributed by atoms with Crippen LogP contribution in [-0.4, -0.2) is 9.97 Å². The molecule has 0 fully saturated rings. The van der Waals surface area contributed by atoms with Crippen molar-refractivity contribution in [2.24, 2.45) is 0 Å². The maximum absolute atomic E-state index is 13.3. The molecule has 27 heavy (non-hydrogen) atoms. The Morgan fingerprint density at radius 2 is 1.63 bits per heavy atom. The molecular weight excluding hydrogens is 372 g/mol. The van der Waals surface area contributed by atoms with Crippen molar-refractivity contribution in [3.05, 3.63) is 53.1 Å². The first-order valence-corrected chi connectivity index (χ1v) is 8.01. The van der Waals surface area contributed by atoms with Gasteiger partial charge in [-0.15, -0.1) is 0 Å². The van der Waals surface area contributed by atoms with Crippen LogP contribution in [0.3, 0.4) is 0 Å². The summed E-state index contributed by atoms with van der Waals surface area (Å²) in [6, 6.07) is 7.81. The maximum atomic E-state index is 13.3. The number of fused-ring (bicyclic) bond motifs is 1. The molecule has 0 amide bonds. The first-order valence-electron chi connectivity index (χ1n) is 8.01. The van der Waals surface area contributed by atoms with Gasteiger partial charge in [0.1, 0.15) is 5.52 Å². The van der Waals surface area contributed by atoms with E-state index in [2.05, 4.69) is 15.3 Å². The van der Waals surface area contributed by atoms with E-state index >= 15 is 0 Å². The molecule has 9 heteroatoms. The van der Waals surface area contributed by atoms with Crippen LogP contribution in [-0.2, 0) is 12.4 Å². The highest BCUT2D eigenvalue weighted by molar-refractivity contribution is 5.83. The molecule has 1 heterocycles. The molecule has 3 nitrogen and oxygen atoms in total. The number of aromatic amines is 1. The zero-order valence-electron chi connectivity index (χ0n) is 14.3. The fourth-order valence-corrected chi connectivity index (χ4v) is 2.80. The lowest BCUT2D eigenvalue weighted by molar-refractivity contribution is -0.142. The number of para-hydroxylation sites is 1. The number of hydrogen-bond donors (Lipinski definition) is 2. The van der Waals surface area contributed by atoms with E-state index in [0.29, 0.717) is 11.8 Å². The number of nitrogens with zero attached hydrogens (tertiary/aromatic N) is 1. The van der Waals surface area contributed by atoms with Crippen LogP contribution in [0, 0.1) is 0 Å². The number of halogens is 6. The third-order valence-electron chi connectivity index (χ3n) is 4.06. The SMILES string of the molecule is CC(C)c1ccccc1Nc1nc2c(C(F)(F)F)cc(C(F)(F)F)cc2[nH]1. The monoisotopic (exact) mass is 387 g/mol. The van der Waals surface area contributed by atoms with Crippen molar-refractivity contribution in [3.63, 3.8) is 0 Å². The number of H-pyrrole nitrogens is 1. The van der Waals surface area contributed by atoms with Gasteiger partial charge in [-0.1, -0.05) is 32.0 Å². The summed E-state index contributed by atoms with van der Waals surface area (Å²) >= 11 is 0. The summed E-state index contributed by atoms with van der Waals surface area (Å²) in [6.45, 7) is 3.88. The summed E-state index contributed by atoms with van der Waals surface area (Å²) in [5, 5.41) is 2.86. The van der Waals surface area contributed by atoms with E-state index in [0.717, 1.165) is 5.56 Å². The topological polar surface area (TPSA) is 40.7 Å². The molecule has 0 radical (unpaired) electrons. The zero-order chi connectivity index (χ0) is 20.0. The van der Waals surface area contributed by atoms with Crippen LogP contribution >= 0.6 is 0 Å². The number of nitrogens with one attached hydrogen (secondary N) is 2. The number of benzene rings is 2. The van der Waals surface area contributed by atoms with Gasteiger partial charge in [0.15, 0.2) is 0 Å². The van der Waals surface area contributed by atoms with Gasteiger partial charge in [0.2, 0.25) is 5.95 Å². The van der Waals surface area contributed by atoms with E-state index in [4.69, 9.17) is 0 Å². The van der Waals surface area contributed by atoms with Crippen molar-refractivity contribution in [3.8, 4) is 0 Å². The average Bonchev–Trinajstić information content (AvgIpc) is 2.94. The molecule has 0 unspecified atom stereocenters. The molecule has 3 rings (SSSR count). The Hall–Kier alpha value is -2.71. The predicted molar refractivity (Wildman–Crippen MR) is 89.9 cm³/mol. The fraction of sp³-hybridized carbons (Fsp3) is 0.278. The summed E-state index contributed by atoms with van der Waals surface area (Å²) in [7, 11) is 0. The molecule has 3 aromatic rings. The van der Waals surface area contributed by atoms with Gasteiger partial charge >= 0.3 is 12.4 Å². The Morgan fingerprint density at radius 1 is 0.963 bits per heavy atom. The van der Waals surface area contributed by atoms with Gasteiger partial charge in [-0.3, -0.25) is 0 Å². The van der Waals surface area contributed by atoms with Crippen LogP contribution < -0.4 is 5.32 Å². The molecule has 0 aliphatic rings. The van der Waals surface area contributed by atoms with Gasteiger partial charge in [0.05, 0.1) is 16.6 Å². The molecule has 0 saturated heterocycles. The Balaban J connectivity index is 2.13. The fourth-order valence-electron chi connectivity index (χ4n) is 2.80. The minimum atomic E-state index is -4.97. The zero-order valence-corrected chi connectivity index (χ0v) is 14.3. The number of alkyl halides is 6. The van der Waals surface area contributed by atoms with Crippen molar-refractivity contribution in [2.75, 3.05) is 5.32 Å². The summed E-state index contributed by atoms with van der Waals surface area (Å²) in [5.41, 5.74) is -2.24. The summed E-state index contributed by atoms with van der Waals surface area (Å²) in [4.78, 5) is 6.36. The molecule has 0 aliphatic carbocycles. The Kier molecular flexibility index (Phi) is 4.57. The maximum Gasteiger partial charge on any atom is 0.418 e. The minimum absolute atomic E-state index is 0.0667. The van der Waals surface area contributed by atoms with E-state index in [1.165, 1.54) is 0 Å². The molecular formula is C18H15F6N3. The summed E-state index contributed by atoms with van der Waals surface area (Å²) < 4.78 is 78.6. The van der Waals surface area contributed by atoms with Gasteiger partial charge in [-0.05, 0) is 29.7 Å². The second kappa shape index (κ2) is 6.47. The van der Waals surface area contributed by atoms with Gasteiger partial charge < -0.3 is 10.3 Å². The average molecular weight is 387 g/mol. The van der Waals surface area contributed by atoms with Crippen LogP contribution in [0.2, 0.25) is 0 Å². The van der Waals surface area contributed by atoms with E-state index in [-0.39, 0.29) is 23.4 Å². The molecule has 0 spiro atoms. The first kappa shape index (κ1) is 19.1. The van der Waals surface area contributed by atoms with E-state index in [9.17, 15) is 26.3 Å². The highest BCUT2D eigenvalue weighted by Crippen LogP contribution is 2.40. The number of hydrogen-bond acceptors (Lipinski definition) is 2. The van der Waals surface area contributed by atoms with Crippen LogP contribution in [0.1, 0.15) is 36.5 Å². The van der Waals surface area contributed by atoms with E-state index in [1.54, 1.807) is 12.1 Å².